The highest BCUT2D eigenvalue weighted by Gasteiger charge is 2.22. The van der Waals surface area contributed by atoms with Gasteiger partial charge in [-0.25, -0.2) is 8.42 Å². The van der Waals surface area contributed by atoms with E-state index in [0.717, 1.165) is 18.4 Å². The quantitative estimate of drug-likeness (QED) is 0.741. The zero-order chi connectivity index (χ0) is 13.6. The fraction of sp³-hybridized carbons (Fsp3) is 0.462. The van der Waals surface area contributed by atoms with Gasteiger partial charge in [-0.3, -0.25) is 0 Å². The van der Waals surface area contributed by atoms with Crippen molar-refractivity contribution in [1.82, 2.24) is 4.31 Å². The first-order valence-electron chi connectivity index (χ1n) is 6.02. The molecule has 0 bridgehead atoms. The maximum atomic E-state index is 12.2. The normalized spacial score (nSPS) is 11.4. The van der Waals surface area contributed by atoms with E-state index in [1.54, 1.807) is 19.1 Å². The molecule has 0 aliphatic heterocycles. The Hall–Kier alpha value is -1.38. The van der Waals surface area contributed by atoms with Crippen molar-refractivity contribution in [3.8, 4) is 6.07 Å². The second-order valence-corrected chi connectivity index (χ2v) is 5.92. The summed E-state index contributed by atoms with van der Waals surface area (Å²) in [4.78, 5) is 0.249. The second-order valence-electron chi connectivity index (χ2n) is 3.98. The van der Waals surface area contributed by atoms with Gasteiger partial charge in [0.25, 0.3) is 0 Å². The van der Waals surface area contributed by atoms with Gasteiger partial charge in [0.15, 0.2) is 0 Å². The number of nitriles is 1. The first kappa shape index (κ1) is 14.7. The van der Waals surface area contributed by atoms with Crippen LogP contribution in [0.1, 0.15) is 25.8 Å². The van der Waals surface area contributed by atoms with Crippen LogP contribution in [0.15, 0.2) is 29.2 Å². The number of sulfonamides is 1. The summed E-state index contributed by atoms with van der Waals surface area (Å²) in [5.41, 5.74) is 1.12. The molecule has 0 aliphatic rings. The summed E-state index contributed by atoms with van der Waals surface area (Å²) < 4.78 is 25.6. The third-order valence-electron chi connectivity index (χ3n) is 2.70. The van der Waals surface area contributed by atoms with E-state index in [-0.39, 0.29) is 11.4 Å². The highest BCUT2D eigenvalue weighted by Crippen LogP contribution is 2.16. The lowest BCUT2D eigenvalue weighted by Crippen LogP contribution is -2.31. The van der Waals surface area contributed by atoms with Gasteiger partial charge in [0.1, 0.15) is 6.54 Å². The summed E-state index contributed by atoms with van der Waals surface area (Å²) in [5, 5.41) is 8.64. The third-order valence-corrected chi connectivity index (χ3v) is 4.63. The number of hydrogen-bond acceptors (Lipinski definition) is 3. The molecule has 0 saturated heterocycles. The van der Waals surface area contributed by atoms with Gasteiger partial charge in [0, 0.05) is 6.54 Å². The molecule has 0 aliphatic carbocycles. The number of benzene rings is 1. The Morgan fingerprint density at radius 2 is 1.83 bits per heavy atom. The standard InChI is InChI=1S/C13H18N2O2S/c1-3-5-12-6-8-13(9-7-12)18(16,17)15(4-2)11-10-14/h6-9H,3-5,11H2,1-2H3. The van der Waals surface area contributed by atoms with E-state index in [1.807, 2.05) is 18.2 Å². The molecule has 18 heavy (non-hydrogen) atoms. The summed E-state index contributed by atoms with van der Waals surface area (Å²) in [7, 11) is -3.53. The van der Waals surface area contributed by atoms with E-state index >= 15 is 0 Å². The van der Waals surface area contributed by atoms with E-state index in [1.165, 1.54) is 4.31 Å². The summed E-state index contributed by atoms with van der Waals surface area (Å²) in [5.74, 6) is 0. The molecule has 0 fully saturated rings. The van der Waals surface area contributed by atoms with Crippen LogP contribution >= 0.6 is 0 Å². The Bertz CT molecular complexity index is 515. The Morgan fingerprint density at radius 1 is 1.22 bits per heavy atom. The van der Waals surface area contributed by atoms with Crippen LogP contribution < -0.4 is 0 Å². The topological polar surface area (TPSA) is 61.2 Å². The number of rotatable bonds is 6. The number of nitrogens with zero attached hydrogens (tertiary/aromatic N) is 2. The molecule has 0 aromatic heterocycles. The zero-order valence-electron chi connectivity index (χ0n) is 10.8. The van der Waals surface area contributed by atoms with Gasteiger partial charge in [-0.1, -0.05) is 32.4 Å². The van der Waals surface area contributed by atoms with E-state index in [0.29, 0.717) is 6.54 Å². The average Bonchev–Trinajstić information content (AvgIpc) is 2.36. The minimum Gasteiger partial charge on any atom is -0.207 e. The average molecular weight is 266 g/mol. The molecular weight excluding hydrogens is 248 g/mol. The molecule has 1 rings (SSSR count). The van der Waals surface area contributed by atoms with Crippen LogP contribution in [0.4, 0.5) is 0 Å². The van der Waals surface area contributed by atoms with E-state index < -0.39 is 10.0 Å². The predicted octanol–water partition coefficient (Wildman–Crippen LogP) is 2.17. The van der Waals surface area contributed by atoms with E-state index in [2.05, 4.69) is 6.92 Å². The fourth-order valence-electron chi connectivity index (χ4n) is 1.71. The summed E-state index contributed by atoms with van der Waals surface area (Å²) >= 11 is 0. The molecule has 1 aromatic rings. The SMILES string of the molecule is CCCc1ccc(S(=O)(=O)N(CC)CC#N)cc1. The van der Waals surface area contributed by atoms with Crippen molar-refractivity contribution in [2.24, 2.45) is 0 Å². The Morgan fingerprint density at radius 3 is 2.28 bits per heavy atom. The van der Waals surface area contributed by atoms with Crippen LogP contribution in [-0.2, 0) is 16.4 Å². The minimum atomic E-state index is -3.53. The molecule has 1 aromatic carbocycles. The van der Waals surface area contributed by atoms with Crippen molar-refractivity contribution in [3.05, 3.63) is 29.8 Å². The Labute approximate surface area is 109 Å². The lowest BCUT2D eigenvalue weighted by atomic mass is 10.1. The second kappa shape index (κ2) is 6.53. The van der Waals surface area contributed by atoms with Gasteiger partial charge in [-0.2, -0.15) is 9.57 Å². The van der Waals surface area contributed by atoms with Gasteiger partial charge >= 0.3 is 0 Å². The highest BCUT2D eigenvalue weighted by atomic mass is 32.2. The maximum absolute atomic E-state index is 12.2. The van der Waals surface area contributed by atoms with Gasteiger partial charge < -0.3 is 0 Å². The lowest BCUT2D eigenvalue weighted by Gasteiger charge is -2.17. The van der Waals surface area contributed by atoms with Crippen molar-refractivity contribution in [2.45, 2.75) is 31.6 Å². The van der Waals surface area contributed by atoms with Crippen molar-refractivity contribution in [1.29, 1.82) is 5.26 Å². The predicted molar refractivity (Wildman–Crippen MR) is 70.5 cm³/mol. The largest absolute Gasteiger partial charge is 0.244 e. The van der Waals surface area contributed by atoms with Crippen molar-refractivity contribution in [2.75, 3.05) is 13.1 Å². The smallest absolute Gasteiger partial charge is 0.207 e. The van der Waals surface area contributed by atoms with Crippen LogP contribution in [0.2, 0.25) is 0 Å². The van der Waals surface area contributed by atoms with Gasteiger partial charge in [-0.05, 0) is 24.1 Å². The third kappa shape index (κ3) is 3.31. The van der Waals surface area contributed by atoms with Crippen molar-refractivity contribution in [3.63, 3.8) is 0 Å². The van der Waals surface area contributed by atoms with Crippen molar-refractivity contribution < 1.29 is 8.42 Å². The van der Waals surface area contributed by atoms with Crippen LogP contribution in [0.5, 0.6) is 0 Å². The van der Waals surface area contributed by atoms with Crippen LogP contribution in [0.3, 0.4) is 0 Å². The Kier molecular flexibility index (Phi) is 5.32. The first-order chi connectivity index (χ1) is 8.56. The molecule has 0 heterocycles. The van der Waals surface area contributed by atoms with Crippen LogP contribution in [-0.4, -0.2) is 25.8 Å². The van der Waals surface area contributed by atoms with Crippen LogP contribution in [0, 0.1) is 11.3 Å². The van der Waals surface area contributed by atoms with Crippen LogP contribution in [0.25, 0.3) is 0 Å². The molecule has 0 saturated carbocycles. The highest BCUT2D eigenvalue weighted by molar-refractivity contribution is 7.89. The molecule has 0 radical (unpaired) electrons. The molecule has 0 unspecified atom stereocenters. The number of aryl methyl sites for hydroxylation is 1. The van der Waals surface area contributed by atoms with Gasteiger partial charge in [0.05, 0.1) is 11.0 Å². The molecule has 5 heteroatoms. The summed E-state index contributed by atoms with van der Waals surface area (Å²) in [6.07, 6.45) is 1.97. The molecule has 98 valence electrons. The number of hydrogen-bond donors (Lipinski definition) is 0. The molecule has 0 spiro atoms. The molecular formula is C13H18N2O2S. The summed E-state index contributed by atoms with van der Waals surface area (Å²) in [6, 6.07) is 8.76. The summed E-state index contributed by atoms with van der Waals surface area (Å²) in [6.45, 7) is 3.99. The lowest BCUT2D eigenvalue weighted by molar-refractivity contribution is 0.462. The van der Waals surface area contributed by atoms with Gasteiger partial charge in [0.2, 0.25) is 10.0 Å². The van der Waals surface area contributed by atoms with Gasteiger partial charge in [-0.15, -0.1) is 0 Å². The molecule has 4 nitrogen and oxygen atoms in total. The van der Waals surface area contributed by atoms with Crippen molar-refractivity contribution >= 4 is 10.0 Å². The maximum Gasteiger partial charge on any atom is 0.244 e. The monoisotopic (exact) mass is 266 g/mol. The van der Waals surface area contributed by atoms with E-state index in [9.17, 15) is 8.42 Å². The Balaban J connectivity index is 3.01. The first-order valence-corrected chi connectivity index (χ1v) is 7.46. The molecule has 0 amide bonds. The minimum absolute atomic E-state index is 0.116. The van der Waals surface area contributed by atoms with E-state index in [4.69, 9.17) is 5.26 Å². The fourth-order valence-corrected chi connectivity index (χ4v) is 3.06. The molecule has 0 N–H and O–H groups in total. The zero-order valence-corrected chi connectivity index (χ0v) is 11.6. The molecule has 0 atom stereocenters.